The first kappa shape index (κ1) is 87.3. The first-order valence-electron chi connectivity index (χ1n) is 39.1. The number of carbonyl (C=O) groups is 3. The molecule has 3 amide bonds. The summed E-state index contributed by atoms with van der Waals surface area (Å²) in [6, 6.07) is 59.8. The van der Waals surface area contributed by atoms with Crippen LogP contribution < -0.4 is 33.9 Å². The molecule has 0 saturated carbocycles. The molecule has 0 spiro atoms. The third-order valence-corrected chi connectivity index (χ3v) is 26.5. The maximum atomic E-state index is 14.3. The van der Waals surface area contributed by atoms with Crippen molar-refractivity contribution in [1.82, 2.24) is 43.4 Å². The third-order valence-electron chi connectivity index (χ3n) is 20.5. The molecule has 3 atom stereocenters. The van der Waals surface area contributed by atoms with E-state index in [0.29, 0.717) is 157 Å². The molecule has 0 radical (unpaired) electrons. The van der Waals surface area contributed by atoms with Crippen molar-refractivity contribution >= 4 is 179 Å². The standard InChI is InChI=1S/C31H30BrFN4O2S.C31H30ClFN4O2S.C29H28BrClN4O2S2/c2*1-19(2)27(36(16-6-15-34)30(38)21-9-11-22(32)12-10-21)29-35-26-24-17-23(33)13-14-25(24)40-28(26)31(39)37(29)18-20-7-4-3-5-8-20;1-17(2)25(34(15-5-14-32)28(36)18-8-10-19(30)11-9-18)27-33-24-21-6-3-4-7-22(21)39-26(24)29(37)35(27)16-20-12-13-23(31)38-20/h2*3-5,7-14,17,19,27H,6,15-16,18,34H2,1-2H3;3-4,6-13,17,25H,5,14-16,32H2,1-2H3. The summed E-state index contributed by atoms with van der Waals surface area (Å²) < 4.78 is 40.2. The van der Waals surface area contributed by atoms with Crippen molar-refractivity contribution in [2.45, 2.75) is 98.6 Å². The highest BCUT2D eigenvalue weighted by atomic mass is 79.9. The molecule has 7 heterocycles. The molecular formula is C91H88Br2Cl2F2N12O6S4. The Kier molecular flexibility index (Phi) is 28.8. The first-order valence-corrected chi connectivity index (χ1v) is 44.7. The van der Waals surface area contributed by atoms with Gasteiger partial charge in [-0.3, -0.25) is 42.5 Å². The largest absolute Gasteiger partial charge is 0.330 e. The van der Waals surface area contributed by atoms with Gasteiger partial charge in [0.2, 0.25) is 0 Å². The average Bonchev–Trinajstić information content (AvgIpc) is 1.66. The van der Waals surface area contributed by atoms with Gasteiger partial charge in [0, 0.05) is 85.4 Å². The normalized spacial score (nSPS) is 12.4. The van der Waals surface area contributed by atoms with E-state index < -0.39 is 23.9 Å². The van der Waals surface area contributed by atoms with Gasteiger partial charge in [-0.2, -0.15) is 0 Å². The zero-order chi connectivity index (χ0) is 84.5. The predicted octanol–water partition coefficient (Wildman–Crippen LogP) is 20.7. The van der Waals surface area contributed by atoms with Crippen molar-refractivity contribution in [1.29, 1.82) is 0 Å². The second kappa shape index (κ2) is 39.3. The van der Waals surface area contributed by atoms with Gasteiger partial charge in [-0.05, 0) is 195 Å². The number of thiophene rings is 4. The minimum atomic E-state index is -0.556. The lowest BCUT2D eigenvalue weighted by molar-refractivity contribution is 0.0596. The van der Waals surface area contributed by atoms with E-state index in [1.54, 1.807) is 72.0 Å². The summed E-state index contributed by atoms with van der Waals surface area (Å²) in [7, 11) is 0. The molecule has 6 N–H and O–H groups in total. The van der Waals surface area contributed by atoms with Crippen LogP contribution in [0, 0.1) is 29.4 Å². The van der Waals surface area contributed by atoms with Crippen molar-refractivity contribution in [2.24, 2.45) is 35.0 Å². The summed E-state index contributed by atoms with van der Waals surface area (Å²) in [4.78, 5) is 106. The molecule has 0 bridgehead atoms. The number of halogens is 6. The maximum absolute atomic E-state index is 14.3. The zero-order valence-electron chi connectivity index (χ0n) is 66.2. The molecule has 15 rings (SSSR count). The Morgan fingerprint density at radius 2 is 0.748 bits per heavy atom. The van der Waals surface area contributed by atoms with Crippen LogP contribution in [0.2, 0.25) is 9.36 Å². The number of nitrogens with zero attached hydrogens (tertiary/aromatic N) is 9. The van der Waals surface area contributed by atoms with Crippen molar-refractivity contribution in [3.05, 3.63) is 317 Å². The molecule has 119 heavy (non-hydrogen) atoms. The van der Waals surface area contributed by atoms with Crippen LogP contribution in [0.25, 0.3) is 60.9 Å². The number of rotatable bonds is 27. The Morgan fingerprint density at radius 1 is 0.412 bits per heavy atom. The molecule has 18 nitrogen and oxygen atoms in total. The van der Waals surface area contributed by atoms with Gasteiger partial charge in [-0.15, -0.1) is 45.3 Å². The topological polar surface area (TPSA) is 244 Å². The van der Waals surface area contributed by atoms with Crippen LogP contribution in [-0.2, 0) is 19.6 Å². The van der Waals surface area contributed by atoms with Gasteiger partial charge in [0.1, 0.15) is 43.2 Å². The van der Waals surface area contributed by atoms with Crippen molar-refractivity contribution in [3.8, 4) is 0 Å². The number of amides is 3. The highest BCUT2D eigenvalue weighted by Gasteiger charge is 2.38. The van der Waals surface area contributed by atoms with E-state index in [9.17, 15) is 37.5 Å². The van der Waals surface area contributed by atoms with Crippen molar-refractivity contribution in [3.63, 3.8) is 0 Å². The van der Waals surface area contributed by atoms with E-state index in [4.69, 9.17) is 55.4 Å². The molecule has 8 aromatic carbocycles. The summed E-state index contributed by atoms with van der Waals surface area (Å²) in [5.74, 6) is -0.00865. The van der Waals surface area contributed by atoms with E-state index in [0.717, 1.165) is 44.4 Å². The lowest BCUT2D eigenvalue weighted by atomic mass is 9.99. The van der Waals surface area contributed by atoms with Gasteiger partial charge in [0.25, 0.3) is 34.4 Å². The van der Waals surface area contributed by atoms with E-state index >= 15 is 0 Å². The molecule has 0 fully saturated rings. The van der Waals surface area contributed by atoms with Gasteiger partial charge in [0.05, 0.1) is 58.6 Å². The Labute approximate surface area is 729 Å². The summed E-state index contributed by atoms with van der Waals surface area (Å²) in [5, 5.41) is 2.66. The number of hydrogen-bond acceptors (Lipinski definition) is 16. The van der Waals surface area contributed by atoms with E-state index in [-0.39, 0.29) is 64.5 Å². The van der Waals surface area contributed by atoms with E-state index in [1.165, 1.54) is 69.6 Å². The molecule has 0 aliphatic heterocycles. The number of aromatic nitrogens is 6. The van der Waals surface area contributed by atoms with Crippen molar-refractivity contribution in [2.75, 3.05) is 39.3 Å². The molecule has 0 aliphatic rings. The number of hydrogen-bond donors (Lipinski definition) is 3. The molecule has 7 aromatic heterocycles. The fourth-order valence-corrected chi connectivity index (χ4v) is 19.9. The van der Waals surface area contributed by atoms with Crippen LogP contribution in [0.3, 0.4) is 0 Å². The fraction of sp³-hybridized carbons (Fsp3) is 0.264. The number of nitrogens with two attached hydrogens (primary N) is 3. The first-order chi connectivity index (χ1) is 57.3. The quantitative estimate of drug-likeness (QED) is 0.0435. The fourth-order valence-electron chi connectivity index (χ4n) is 14.9. The van der Waals surface area contributed by atoms with Gasteiger partial charge in [-0.1, -0.05) is 175 Å². The van der Waals surface area contributed by atoms with Crippen molar-refractivity contribution < 1.29 is 23.2 Å². The Morgan fingerprint density at radius 3 is 1.10 bits per heavy atom. The van der Waals surface area contributed by atoms with Gasteiger partial charge < -0.3 is 31.9 Å². The number of carbonyl (C=O) groups excluding carboxylic acids is 3. The predicted molar refractivity (Wildman–Crippen MR) is 490 cm³/mol. The average molecular weight is 1840 g/mol. The van der Waals surface area contributed by atoms with Gasteiger partial charge >= 0.3 is 0 Å². The smallest absolute Gasteiger partial charge is 0.271 e. The molecule has 28 heteroatoms. The van der Waals surface area contributed by atoms with Crippen LogP contribution in [0.15, 0.2) is 230 Å². The highest BCUT2D eigenvalue weighted by molar-refractivity contribution is 9.10. The molecule has 15 aromatic rings. The van der Waals surface area contributed by atoms with Gasteiger partial charge in [-0.25, -0.2) is 23.7 Å². The minimum Gasteiger partial charge on any atom is -0.330 e. The summed E-state index contributed by atoms with van der Waals surface area (Å²) >= 11 is 24.7. The third kappa shape index (κ3) is 19.6. The van der Waals surface area contributed by atoms with Crippen LogP contribution in [0.5, 0.6) is 0 Å². The monoisotopic (exact) mass is 1840 g/mol. The second-order valence-corrected chi connectivity index (χ2v) is 37.1. The second-order valence-electron chi connectivity index (χ2n) is 29.9. The molecule has 0 aliphatic carbocycles. The molecule has 3 unspecified atom stereocenters. The van der Waals surface area contributed by atoms with Crippen LogP contribution in [0.1, 0.15) is 143 Å². The molecule has 0 saturated heterocycles. The lowest BCUT2D eigenvalue weighted by Gasteiger charge is -2.35. The van der Waals surface area contributed by atoms with E-state index in [1.807, 2.05) is 166 Å². The Balaban J connectivity index is 0.000000155. The lowest BCUT2D eigenvalue weighted by Crippen LogP contribution is -2.42. The zero-order valence-corrected chi connectivity index (χ0v) is 74.1. The molecular weight excluding hydrogens is 1750 g/mol. The van der Waals surface area contributed by atoms with Crippen LogP contribution in [0.4, 0.5) is 8.78 Å². The molecule has 614 valence electrons. The SMILES string of the molecule is CC(C)C(c1nc2c(sc3ccc(F)cc32)c(=O)n1Cc1ccccc1)N(CCCN)C(=O)c1ccc(Br)cc1.CC(C)C(c1nc2c(sc3ccc(F)cc32)c(=O)n1Cc1ccccc1)N(CCCN)C(=O)c1ccc(Cl)cc1.CC(C)C(c1nc2c(sc3ccccc32)c(=O)n1Cc1ccc(Cl)s1)N(CCCN)C(=O)c1ccc(Br)cc1. The Hall–Kier alpha value is -9.55. The number of fused-ring (bicyclic) bond motifs is 9. The highest BCUT2D eigenvalue weighted by Crippen LogP contribution is 2.41. The number of benzene rings is 8. The Bertz CT molecular complexity index is 6090. The van der Waals surface area contributed by atoms with Gasteiger partial charge in [0.15, 0.2) is 0 Å². The summed E-state index contributed by atoms with van der Waals surface area (Å²) in [5.41, 5.74) is 22.2. The minimum absolute atomic E-state index is 0.0328. The maximum Gasteiger partial charge on any atom is 0.271 e. The van der Waals surface area contributed by atoms with Crippen LogP contribution in [-0.4, -0.2) is 100 Å². The summed E-state index contributed by atoms with van der Waals surface area (Å²) in [6.07, 6.45) is 1.78. The van der Waals surface area contributed by atoms with E-state index in [2.05, 4.69) is 45.7 Å². The van der Waals surface area contributed by atoms with Crippen LogP contribution >= 0.6 is 100 Å². The summed E-state index contributed by atoms with van der Waals surface area (Å²) in [6.45, 7) is 15.5.